The van der Waals surface area contributed by atoms with Crippen LogP contribution in [-0.2, 0) is 0 Å². The number of nitro benzene ring substituents is 1. The van der Waals surface area contributed by atoms with E-state index < -0.39 is 4.92 Å². The molecule has 0 spiro atoms. The number of benzene rings is 2. The molecule has 3 rings (SSSR count). The van der Waals surface area contributed by atoms with E-state index >= 15 is 0 Å². The van der Waals surface area contributed by atoms with Crippen molar-refractivity contribution in [2.45, 2.75) is 9.24 Å². The molecule has 0 unspecified atom stereocenters. The topological polar surface area (TPSA) is 82.0 Å². The number of non-ortho nitro benzene ring substituents is 1. The van der Waals surface area contributed by atoms with Crippen LogP contribution in [-0.4, -0.2) is 9.91 Å². The maximum absolute atomic E-state index is 10.8. The summed E-state index contributed by atoms with van der Waals surface area (Å²) in [6, 6.07) is 12.4. The molecule has 0 bridgehead atoms. The summed E-state index contributed by atoms with van der Waals surface area (Å²) in [5, 5.41) is 10.8. The van der Waals surface area contributed by atoms with Gasteiger partial charge in [0.15, 0.2) is 4.34 Å². The second-order valence-electron chi connectivity index (χ2n) is 4.07. The van der Waals surface area contributed by atoms with Crippen LogP contribution in [0.25, 0.3) is 10.2 Å². The summed E-state index contributed by atoms with van der Waals surface area (Å²) in [5.74, 6) is 0. The largest absolute Gasteiger partial charge is 0.398 e. The number of aromatic nitrogens is 1. The minimum atomic E-state index is -0.446. The lowest BCUT2D eigenvalue weighted by Gasteiger charge is -2.00. The van der Waals surface area contributed by atoms with Crippen molar-refractivity contribution in [1.82, 2.24) is 4.98 Å². The van der Waals surface area contributed by atoms with E-state index in [1.807, 2.05) is 24.3 Å². The summed E-state index contributed by atoms with van der Waals surface area (Å²) in [4.78, 5) is 15.6. The van der Waals surface area contributed by atoms with Crippen LogP contribution in [0.2, 0.25) is 0 Å². The van der Waals surface area contributed by atoms with Crippen molar-refractivity contribution in [3.63, 3.8) is 0 Å². The number of para-hydroxylation sites is 1. The van der Waals surface area contributed by atoms with Crippen molar-refractivity contribution in [1.29, 1.82) is 0 Å². The molecule has 5 nitrogen and oxygen atoms in total. The Labute approximate surface area is 122 Å². The third kappa shape index (κ3) is 2.59. The number of anilines is 1. The molecule has 2 N–H and O–H groups in total. The zero-order valence-electron chi connectivity index (χ0n) is 10.1. The zero-order chi connectivity index (χ0) is 14.1. The number of nitrogen functional groups attached to an aromatic ring is 1. The van der Waals surface area contributed by atoms with Gasteiger partial charge in [0.2, 0.25) is 0 Å². The molecule has 0 saturated heterocycles. The molecule has 20 heavy (non-hydrogen) atoms. The molecule has 0 saturated carbocycles. The van der Waals surface area contributed by atoms with E-state index in [-0.39, 0.29) is 5.69 Å². The van der Waals surface area contributed by atoms with E-state index in [0.717, 1.165) is 19.5 Å². The van der Waals surface area contributed by atoms with Crippen LogP contribution in [0.4, 0.5) is 11.4 Å². The smallest absolute Gasteiger partial charge is 0.272 e. The van der Waals surface area contributed by atoms with Gasteiger partial charge in [-0.1, -0.05) is 23.9 Å². The molecule has 3 aromatic rings. The van der Waals surface area contributed by atoms with Crippen molar-refractivity contribution in [3.8, 4) is 0 Å². The molecule has 2 aromatic carbocycles. The van der Waals surface area contributed by atoms with Crippen LogP contribution in [0.3, 0.4) is 0 Å². The van der Waals surface area contributed by atoms with E-state index in [9.17, 15) is 10.1 Å². The van der Waals surface area contributed by atoms with Gasteiger partial charge in [-0.3, -0.25) is 10.1 Å². The van der Waals surface area contributed by atoms with Crippen molar-refractivity contribution in [3.05, 3.63) is 52.6 Å². The first kappa shape index (κ1) is 12.9. The van der Waals surface area contributed by atoms with Crippen molar-refractivity contribution < 1.29 is 4.92 Å². The Hall–Kier alpha value is -2.12. The molecule has 0 amide bonds. The van der Waals surface area contributed by atoms with Crippen molar-refractivity contribution in [2.75, 3.05) is 5.73 Å². The minimum absolute atomic E-state index is 0.00592. The van der Waals surface area contributed by atoms with E-state index in [0.29, 0.717) is 5.69 Å². The summed E-state index contributed by atoms with van der Waals surface area (Å²) in [6.45, 7) is 0. The van der Waals surface area contributed by atoms with Crippen molar-refractivity contribution >= 4 is 44.7 Å². The second kappa shape index (κ2) is 5.10. The van der Waals surface area contributed by atoms with E-state index in [1.165, 1.54) is 23.9 Å². The van der Waals surface area contributed by atoms with Gasteiger partial charge in [-0.25, -0.2) is 4.98 Å². The fourth-order valence-corrected chi connectivity index (χ4v) is 3.91. The number of hydrogen-bond donors (Lipinski definition) is 1. The Morgan fingerprint density at radius 1 is 1.25 bits per heavy atom. The molecule has 0 fully saturated rings. The highest BCUT2D eigenvalue weighted by molar-refractivity contribution is 8.01. The average Bonchev–Trinajstić information content (AvgIpc) is 2.79. The predicted octanol–water partition coefficient (Wildman–Crippen LogP) is 3.94. The fourth-order valence-electron chi connectivity index (χ4n) is 1.77. The number of nitrogens with two attached hydrogens (primary N) is 1. The number of nitrogens with zero attached hydrogens (tertiary/aromatic N) is 2. The van der Waals surface area contributed by atoms with E-state index in [4.69, 9.17) is 5.73 Å². The maximum Gasteiger partial charge on any atom is 0.272 e. The summed E-state index contributed by atoms with van der Waals surface area (Å²) < 4.78 is 1.93. The quantitative estimate of drug-likeness (QED) is 0.450. The van der Waals surface area contributed by atoms with Crippen LogP contribution < -0.4 is 5.73 Å². The number of hydrogen-bond acceptors (Lipinski definition) is 6. The van der Waals surface area contributed by atoms with E-state index in [1.54, 1.807) is 17.4 Å². The number of thiazole rings is 1. The molecule has 1 heterocycles. The number of rotatable bonds is 3. The van der Waals surface area contributed by atoms with Gasteiger partial charge in [0.05, 0.1) is 15.1 Å². The Kier molecular flexibility index (Phi) is 3.29. The van der Waals surface area contributed by atoms with Crippen LogP contribution in [0.5, 0.6) is 0 Å². The van der Waals surface area contributed by atoms with Crippen molar-refractivity contribution in [2.24, 2.45) is 0 Å². The lowest BCUT2D eigenvalue weighted by molar-refractivity contribution is -0.385. The fraction of sp³-hybridized carbons (Fsp3) is 0. The first-order valence-electron chi connectivity index (χ1n) is 5.70. The summed E-state index contributed by atoms with van der Waals surface area (Å²) in [7, 11) is 0. The number of nitro groups is 1. The number of fused-ring (bicyclic) bond motifs is 1. The van der Waals surface area contributed by atoms with Crippen LogP contribution in [0, 0.1) is 10.1 Å². The molecule has 100 valence electrons. The molecule has 0 atom stereocenters. The molecular weight excluding hydrogens is 294 g/mol. The Morgan fingerprint density at radius 3 is 2.80 bits per heavy atom. The van der Waals surface area contributed by atoms with Gasteiger partial charge < -0.3 is 5.73 Å². The minimum Gasteiger partial charge on any atom is -0.398 e. The zero-order valence-corrected chi connectivity index (χ0v) is 11.8. The maximum atomic E-state index is 10.8. The molecule has 0 aliphatic rings. The highest BCUT2D eigenvalue weighted by atomic mass is 32.2. The van der Waals surface area contributed by atoms with Gasteiger partial charge in [0, 0.05) is 22.7 Å². The van der Waals surface area contributed by atoms with Crippen LogP contribution >= 0.6 is 23.1 Å². The first-order valence-corrected chi connectivity index (χ1v) is 7.33. The van der Waals surface area contributed by atoms with Gasteiger partial charge in [-0.05, 0) is 18.2 Å². The Morgan fingerprint density at radius 2 is 2.05 bits per heavy atom. The molecule has 0 aliphatic carbocycles. The molecule has 1 aromatic heterocycles. The lowest BCUT2D eigenvalue weighted by Crippen LogP contribution is -1.91. The molecular formula is C13H9N3O2S2. The summed E-state index contributed by atoms with van der Waals surface area (Å²) in [5.41, 5.74) is 6.99. The SMILES string of the molecule is Nc1cc(Sc2nc3ccccc3s2)cc([N+](=O)[O-])c1. The highest BCUT2D eigenvalue weighted by Crippen LogP contribution is 2.36. The van der Waals surface area contributed by atoms with E-state index in [2.05, 4.69) is 4.98 Å². The average molecular weight is 303 g/mol. The highest BCUT2D eigenvalue weighted by Gasteiger charge is 2.11. The third-order valence-corrected chi connectivity index (χ3v) is 4.67. The Bertz CT molecular complexity index is 768. The van der Waals surface area contributed by atoms with Gasteiger partial charge in [0.25, 0.3) is 5.69 Å². The van der Waals surface area contributed by atoms with Gasteiger partial charge in [-0.15, -0.1) is 11.3 Å². The first-order chi connectivity index (χ1) is 9.61. The standard InChI is InChI=1S/C13H9N3O2S2/c14-8-5-9(16(17)18)7-10(6-8)19-13-15-11-3-1-2-4-12(11)20-13/h1-7H,14H2. The van der Waals surface area contributed by atoms with Gasteiger partial charge >= 0.3 is 0 Å². The van der Waals surface area contributed by atoms with Crippen LogP contribution in [0.1, 0.15) is 0 Å². The molecule has 7 heteroatoms. The van der Waals surface area contributed by atoms with Gasteiger partial charge in [-0.2, -0.15) is 0 Å². The molecule has 0 radical (unpaired) electrons. The normalized spacial score (nSPS) is 10.8. The Balaban J connectivity index is 1.96. The summed E-state index contributed by atoms with van der Waals surface area (Å²) in [6.07, 6.45) is 0. The second-order valence-corrected chi connectivity index (χ2v) is 6.42. The van der Waals surface area contributed by atoms with Crippen LogP contribution in [0.15, 0.2) is 51.7 Å². The monoisotopic (exact) mass is 303 g/mol. The summed E-state index contributed by atoms with van der Waals surface area (Å²) >= 11 is 2.94. The predicted molar refractivity (Wildman–Crippen MR) is 81.3 cm³/mol. The lowest BCUT2D eigenvalue weighted by atomic mass is 10.3. The molecule has 0 aliphatic heterocycles. The third-order valence-electron chi connectivity index (χ3n) is 2.60. The van der Waals surface area contributed by atoms with Gasteiger partial charge in [0.1, 0.15) is 0 Å².